The number of hydrogen-bond donors (Lipinski definition) is 0. The molecule has 0 atom stereocenters. The minimum absolute atomic E-state index is 0.0460. The van der Waals surface area contributed by atoms with E-state index in [2.05, 4.69) is 114 Å². The van der Waals surface area contributed by atoms with E-state index in [0.717, 1.165) is 5.82 Å². The Morgan fingerprint density at radius 2 is 1.32 bits per heavy atom. The Kier molecular flexibility index (Phi) is 5.35. The maximum Gasteiger partial charge on any atom is 0.144 e. The Hall–Kier alpha value is -3.13. The summed E-state index contributed by atoms with van der Waals surface area (Å²) in [7, 11) is 0. The zero-order chi connectivity index (χ0) is 22.3. The first kappa shape index (κ1) is 21.1. The average Bonchev–Trinajstić information content (AvgIpc) is 3.15. The predicted octanol–water partition coefficient (Wildman–Crippen LogP) is 7.74. The molecule has 0 fully saturated rings. The van der Waals surface area contributed by atoms with Crippen molar-refractivity contribution in [1.29, 1.82) is 0 Å². The summed E-state index contributed by atoms with van der Waals surface area (Å²) in [6.45, 7) is 15.5. The number of nitrogens with zero attached hydrogens (tertiary/aromatic N) is 2. The summed E-state index contributed by atoms with van der Waals surface area (Å²) in [6, 6.07) is 20.0. The lowest BCUT2D eigenvalue weighted by Gasteiger charge is -2.24. The van der Waals surface area contributed by atoms with Gasteiger partial charge in [-0.3, -0.25) is 4.57 Å². The van der Waals surface area contributed by atoms with Gasteiger partial charge in [0.05, 0.1) is 5.69 Å². The van der Waals surface area contributed by atoms with Gasteiger partial charge in [-0.05, 0) is 73.1 Å². The molecule has 0 saturated heterocycles. The van der Waals surface area contributed by atoms with Gasteiger partial charge in [0.25, 0.3) is 0 Å². The molecule has 1 aromatic heterocycles. The maximum atomic E-state index is 4.79. The van der Waals surface area contributed by atoms with Crippen molar-refractivity contribution in [2.75, 3.05) is 0 Å². The molecule has 158 valence electrons. The molecule has 2 heteroatoms. The van der Waals surface area contributed by atoms with Crippen LogP contribution in [0.4, 0.5) is 0 Å². The Balaban J connectivity index is 1.87. The van der Waals surface area contributed by atoms with Crippen LogP contribution in [-0.4, -0.2) is 9.55 Å². The second kappa shape index (κ2) is 7.85. The molecule has 4 rings (SSSR count). The lowest BCUT2D eigenvalue weighted by molar-refractivity contribution is 0.591. The molecule has 31 heavy (non-hydrogen) atoms. The lowest BCUT2D eigenvalue weighted by atomic mass is 9.83. The molecular weight excluding hydrogens is 376 g/mol. The molecule has 0 N–H and O–H groups in total. The van der Waals surface area contributed by atoms with Crippen molar-refractivity contribution in [1.82, 2.24) is 9.55 Å². The molecule has 0 radical (unpaired) electrons. The molecule has 0 aliphatic carbocycles. The van der Waals surface area contributed by atoms with Crippen LogP contribution in [0.3, 0.4) is 0 Å². The van der Waals surface area contributed by atoms with Crippen LogP contribution in [-0.2, 0) is 5.41 Å². The van der Waals surface area contributed by atoms with Crippen LogP contribution in [0.25, 0.3) is 28.2 Å². The van der Waals surface area contributed by atoms with Crippen LogP contribution in [0.15, 0.2) is 67.0 Å². The summed E-state index contributed by atoms with van der Waals surface area (Å²) < 4.78 is 2.25. The third-order valence-corrected chi connectivity index (χ3v) is 5.90. The Morgan fingerprint density at radius 1 is 0.742 bits per heavy atom. The van der Waals surface area contributed by atoms with Gasteiger partial charge in [0.15, 0.2) is 0 Å². The van der Waals surface area contributed by atoms with Crippen LogP contribution in [0.1, 0.15) is 48.6 Å². The molecule has 2 nitrogen and oxygen atoms in total. The third-order valence-electron chi connectivity index (χ3n) is 5.90. The Bertz CT molecular complexity index is 1210. The van der Waals surface area contributed by atoms with Crippen LogP contribution < -0.4 is 0 Å². The van der Waals surface area contributed by atoms with Crippen LogP contribution in [0.5, 0.6) is 0 Å². The summed E-state index contributed by atoms with van der Waals surface area (Å²) >= 11 is 0. The van der Waals surface area contributed by atoms with E-state index in [0.29, 0.717) is 0 Å². The van der Waals surface area contributed by atoms with Crippen LogP contribution in [0.2, 0.25) is 0 Å². The molecule has 0 amide bonds. The summed E-state index contributed by atoms with van der Waals surface area (Å²) in [5.41, 5.74) is 11.4. The molecule has 0 aliphatic rings. The van der Waals surface area contributed by atoms with Gasteiger partial charge in [-0.15, -0.1) is 0 Å². The van der Waals surface area contributed by atoms with Crippen molar-refractivity contribution in [3.05, 3.63) is 94.8 Å². The van der Waals surface area contributed by atoms with Crippen molar-refractivity contribution >= 4 is 0 Å². The van der Waals surface area contributed by atoms with Gasteiger partial charge in [-0.2, -0.15) is 0 Å². The SMILES string of the molecule is Cc1cc(C)cc(-c2cc(C)c(-n3ccnc3-c3ccccc3C(C)(C)C)c(C)c2)c1. The van der Waals surface area contributed by atoms with Gasteiger partial charge in [-0.25, -0.2) is 4.98 Å². The molecule has 0 spiro atoms. The topological polar surface area (TPSA) is 17.8 Å². The first-order chi connectivity index (χ1) is 14.6. The zero-order valence-corrected chi connectivity index (χ0v) is 19.7. The molecule has 3 aromatic carbocycles. The Labute approximate surface area is 186 Å². The molecule has 1 heterocycles. The first-order valence-corrected chi connectivity index (χ1v) is 11.0. The molecular formula is C29H32N2. The van der Waals surface area contributed by atoms with Crippen molar-refractivity contribution < 1.29 is 0 Å². The van der Waals surface area contributed by atoms with E-state index >= 15 is 0 Å². The normalized spacial score (nSPS) is 11.7. The first-order valence-electron chi connectivity index (χ1n) is 11.0. The second-order valence-corrected chi connectivity index (χ2v) is 9.75. The van der Waals surface area contributed by atoms with Crippen molar-refractivity contribution in [3.63, 3.8) is 0 Å². The highest BCUT2D eigenvalue weighted by molar-refractivity contribution is 5.72. The minimum Gasteiger partial charge on any atom is -0.299 e. The standard InChI is InChI=1S/C29H32N2/c1-19-14-20(2)16-23(15-19)24-17-21(3)27(22(4)18-24)31-13-12-30-28(31)25-10-8-9-11-26(25)29(5,6)7/h8-18H,1-7H3. The van der Waals surface area contributed by atoms with E-state index in [1.54, 1.807) is 0 Å². The number of rotatable bonds is 3. The Morgan fingerprint density at radius 3 is 1.94 bits per heavy atom. The van der Waals surface area contributed by atoms with E-state index in [1.165, 1.54) is 50.2 Å². The fourth-order valence-corrected chi connectivity index (χ4v) is 4.66. The average molecular weight is 409 g/mol. The molecule has 0 unspecified atom stereocenters. The van der Waals surface area contributed by atoms with Crippen molar-refractivity contribution in [3.8, 4) is 28.2 Å². The van der Waals surface area contributed by atoms with Gasteiger partial charge in [0.1, 0.15) is 5.82 Å². The predicted molar refractivity (Wildman–Crippen MR) is 132 cm³/mol. The van der Waals surface area contributed by atoms with E-state index in [1.807, 2.05) is 6.20 Å². The zero-order valence-electron chi connectivity index (χ0n) is 19.7. The van der Waals surface area contributed by atoms with Gasteiger partial charge >= 0.3 is 0 Å². The van der Waals surface area contributed by atoms with E-state index in [9.17, 15) is 0 Å². The van der Waals surface area contributed by atoms with Crippen LogP contribution >= 0.6 is 0 Å². The van der Waals surface area contributed by atoms with Crippen molar-refractivity contribution in [2.24, 2.45) is 0 Å². The third kappa shape index (κ3) is 4.07. The smallest absolute Gasteiger partial charge is 0.144 e. The van der Waals surface area contributed by atoms with Gasteiger partial charge < -0.3 is 0 Å². The van der Waals surface area contributed by atoms with Gasteiger partial charge in [0, 0.05) is 18.0 Å². The second-order valence-electron chi connectivity index (χ2n) is 9.75. The monoisotopic (exact) mass is 408 g/mol. The number of hydrogen-bond acceptors (Lipinski definition) is 1. The molecule has 0 bridgehead atoms. The van der Waals surface area contributed by atoms with E-state index < -0.39 is 0 Å². The maximum absolute atomic E-state index is 4.79. The van der Waals surface area contributed by atoms with Gasteiger partial charge in [-0.1, -0.05) is 74.4 Å². The fraction of sp³-hybridized carbons (Fsp3) is 0.276. The summed E-state index contributed by atoms with van der Waals surface area (Å²) in [5.74, 6) is 0.996. The van der Waals surface area contributed by atoms with E-state index in [-0.39, 0.29) is 5.41 Å². The quantitative estimate of drug-likeness (QED) is 0.339. The number of benzene rings is 3. The van der Waals surface area contributed by atoms with Crippen molar-refractivity contribution in [2.45, 2.75) is 53.9 Å². The highest BCUT2D eigenvalue weighted by Crippen LogP contribution is 2.35. The fourth-order valence-electron chi connectivity index (χ4n) is 4.66. The summed E-state index contributed by atoms with van der Waals surface area (Å²) in [6.07, 6.45) is 3.99. The highest BCUT2D eigenvalue weighted by Gasteiger charge is 2.22. The summed E-state index contributed by atoms with van der Waals surface area (Å²) in [5, 5.41) is 0. The highest BCUT2D eigenvalue weighted by atomic mass is 15.1. The van der Waals surface area contributed by atoms with E-state index in [4.69, 9.17) is 4.98 Å². The molecule has 0 aliphatic heterocycles. The van der Waals surface area contributed by atoms with Gasteiger partial charge in [0.2, 0.25) is 0 Å². The number of aromatic nitrogens is 2. The molecule has 4 aromatic rings. The number of aryl methyl sites for hydroxylation is 4. The summed E-state index contributed by atoms with van der Waals surface area (Å²) in [4.78, 5) is 4.79. The largest absolute Gasteiger partial charge is 0.299 e. The van der Waals surface area contributed by atoms with Crippen LogP contribution in [0, 0.1) is 27.7 Å². The lowest BCUT2D eigenvalue weighted by Crippen LogP contribution is -2.14. The minimum atomic E-state index is 0.0460. The molecule has 0 saturated carbocycles. The number of imidazole rings is 1.